The predicted molar refractivity (Wildman–Crippen MR) is 174 cm³/mol. The molecule has 2 aromatic carbocycles. The Hall–Kier alpha value is -1.50. The van der Waals surface area contributed by atoms with E-state index in [0.717, 1.165) is 12.8 Å². The average molecular weight is 583 g/mol. The van der Waals surface area contributed by atoms with Crippen molar-refractivity contribution in [3.05, 3.63) is 60.7 Å². The van der Waals surface area contributed by atoms with Gasteiger partial charge in [-0.3, -0.25) is 0 Å². The molecule has 0 aromatic heterocycles. The third-order valence-corrected chi connectivity index (χ3v) is 13.8. The lowest BCUT2D eigenvalue weighted by Gasteiger charge is -2.43. The number of unbranched alkanes of at least 4 members (excludes halogenated alkanes) is 12. The first-order valence-electron chi connectivity index (χ1n) is 16.6. The highest BCUT2D eigenvalue weighted by Gasteiger charge is 2.50. The van der Waals surface area contributed by atoms with Gasteiger partial charge in [0.05, 0.1) is 0 Å². The smallest absolute Gasteiger partial charge is 0.261 e. The zero-order valence-electron chi connectivity index (χ0n) is 26.5. The summed E-state index contributed by atoms with van der Waals surface area (Å²) in [5, 5.41) is 13.5. The second-order valence-electron chi connectivity index (χ2n) is 13.2. The molecule has 230 valence electrons. The van der Waals surface area contributed by atoms with Crippen molar-refractivity contribution in [3.63, 3.8) is 0 Å². The topological polar surface area (TPSA) is 47.9 Å². The van der Waals surface area contributed by atoms with Crippen molar-refractivity contribution in [3.8, 4) is 0 Å². The number of rotatable bonds is 20. The molecule has 0 saturated carbocycles. The molecule has 4 nitrogen and oxygen atoms in total. The lowest BCUT2D eigenvalue weighted by Crippen LogP contribution is -2.66. The summed E-state index contributed by atoms with van der Waals surface area (Å²) in [6.45, 7) is 9.73. The summed E-state index contributed by atoms with van der Waals surface area (Å²) in [4.78, 5) is 11.1. The Balaban J connectivity index is 1.38. The van der Waals surface area contributed by atoms with Gasteiger partial charge < -0.3 is 9.53 Å². The molecular weight excluding hydrogens is 524 g/mol. The van der Waals surface area contributed by atoms with Crippen molar-refractivity contribution in [2.45, 2.75) is 147 Å². The van der Waals surface area contributed by atoms with Gasteiger partial charge in [0.15, 0.2) is 0 Å². The Bertz CT molecular complexity index is 906. The zero-order chi connectivity index (χ0) is 29.4. The van der Waals surface area contributed by atoms with Crippen LogP contribution in [-0.2, 0) is 14.2 Å². The summed E-state index contributed by atoms with van der Waals surface area (Å²) >= 11 is 0. The number of hydrogen-bond acceptors (Lipinski definition) is 4. The van der Waals surface area contributed by atoms with Gasteiger partial charge in [-0.1, -0.05) is 165 Å². The maximum absolute atomic E-state index is 11.0. The normalized spacial score (nSPS) is 19.6. The monoisotopic (exact) mass is 582 g/mol. The van der Waals surface area contributed by atoms with E-state index >= 15 is 0 Å². The lowest BCUT2D eigenvalue weighted by atomic mass is 9.99. The highest BCUT2D eigenvalue weighted by Crippen LogP contribution is 2.38. The molecule has 0 radical (unpaired) electrons. The maximum Gasteiger partial charge on any atom is 0.261 e. The van der Waals surface area contributed by atoms with Crippen LogP contribution >= 0.6 is 0 Å². The van der Waals surface area contributed by atoms with Crippen LogP contribution in [0, 0.1) is 0 Å². The summed E-state index contributed by atoms with van der Waals surface area (Å²) in [6.07, 6.45) is 18.8. The van der Waals surface area contributed by atoms with Gasteiger partial charge in [-0.2, -0.15) is 0 Å². The molecule has 1 saturated heterocycles. The van der Waals surface area contributed by atoms with Gasteiger partial charge in [-0.05, 0) is 28.3 Å². The molecule has 1 heterocycles. The van der Waals surface area contributed by atoms with E-state index in [4.69, 9.17) is 14.2 Å². The fourth-order valence-electron chi connectivity index (χ4n) is 6.40. The number of hydrogen-bond donors (Lipinski definition) is 1. The van der Waals surface area contributed by atoms with E-state index in [9.17, 15) is 5.11 Å². The molecule has 1 aliphatic rings. The van der Waals surface area contributed by atoms with Crippen LogP contribution < -0.4 is 10.4 Å². The summed E-state index contributed by atoms with van der Waals surface area (Å²) in [7, 11) is -2.57. The summed E-state index contributed by atoms with van der Waals surface area (Å²) in [5.41, 5.74) is 0. The molecule has 3 rings (SSSR count). The first-order valence-corrected chi connectivity index (χ1v) is 18.5. The standard InChI is InChI=1S/C36H58O4Si/c1-5-6-7-8-9-10-11-12-13-14-15-16-23-29-36(37)31-32(39-40-36)28-30-38-41(35(2,3)4,33-24-19-17-20-25-33)34-26-21-18-22-27-34/h17-22,24-27,32,37H,5-16,23,28-31H2,1-4H3. The van der Waals surface area contributed by atoms with Gasteiger partial charge in [0.2, 0.25) is 5.79 Å². The first kappa shape index (κ1) is 34.0. The van der Waals surface area contributed by atoms with Crippen molar-refractivity contribution in [1.29, 1.82) is 0 Å². The largest absolute Gasteiger partial charge is 0.407 e. The van der Waals surface area contributed by atoms with Gasteiger partial charge in [0.25, 0.3) is 8.32 Å². The second kappa shape index (κ2) is 17.6. The Kier molecular flexibility index (Phi) is 14.6. The third kappa shape index (κ3) is 10.6. The molecule has 2 atom stereocenters. The van der Waals surface area contributed by atoms with Gasteiger partial charge in [0, 0.05) is 19.4 Å². The van der Waals surface area contributed by atoms with E-state index < -0.39 is 14.1 Å². The fraction of sp³-hybridized carbons (Fsp3) is 0.667. The van der Waals surface area contributed by atoms with Crippen LogP contribution in [0.15, 0.2) is 60.7 Å². The average Bonchev–Trinajstić information content (AvgIpc) is 3.34. The third-order valence-electron chi connectivity index (χ3n) is 8.73. The molecule has 1 N–H and O–H groups in total. The van der Waals surface area contributed by atoms with Crippen molar-refractivity contribution in [2.24, 2.45) is 0 Å². The predicted octanol–water partition coefficient (Wildman–Crippen LogP) is 8.84. The summed E-state index contributed by atoms with van der Waals surface area (Å²) in [6, 6.07) is 21.4. The molecule has 41 heavy (non-hydrogen) atoms. The molecule has 0 bridgehead atoms. The Labute approximate surface area is 252 Å². The highest BCUT2D eigenvalue weighted by molar-refractivity contribution is 6.99. The van der Waals surface area contributed by atoms with Crippen molar-refractivity contribution in [1.82, 2.24) is 0 Å². The molecular formula is C36H58O4Si. The minimum absolute atomic E-state index is 0.0578. The molecule has 2 unspecified atom stereocenters. The first-order chi connectivity index (χ1) is 19.8. The van der Waals surface area contributed by atoms with Gasteiger partial charge >= 0.3 is 0 Å². The van der Waals surface area contributed by atoms with Crippen LogP contribution in [0.2, 0.25) is 5.04 Å². The molecule has 0 aliphatic carbocycles. The van der Waals surface area contributed by atoms with Gasteiger partial charge in [-0.25, -0.2) is 9.78 Å². The quantitative estimate of drug-likeness (QED) is 0.0962. The molecule has 0 spiro atoms. The highest BCUT2D eigenvalue weighted by atomic mass is 28.4. The molecule has 1 fully saturated rings. The molecule has 2 aromatic rings. The summed E-state index contributed by atoms with van der Waals surface area (Å²) < 4.78 is 7.00. The zero-order valence-corrected chi connectivity index (χ0v) is 27.5. The minimum atomic E-state index is -2.57. The van der Waals surface area contributed by atoms with Crippen molar-refractivity contribution >= 4 is 18.7 Å². The second-order valence-corrected chi connectivity index (χ2v) is 17.6. The summed E-state index contributed by atoms with van der Waals surface area (Å²) in [5.74, 6) is -1.17. The lowest BCUT2D eigenvalue weighted by molar-refractivity contribution is -0.380. The van der Waals surface area contributed by atoms with Crippen LogP contribution in [-0.4, -0.2) is 31.9 Å². The van der Waals surface area contributed by atoms with Crippen LogP contribution in [0.4, 0.5) is 0 Å². The van der Waals surface area contributed by atoms with Gasteiger partial charge in [-0.15, -0.1) is 0 Å². The minimum Gasteiger partial charge on any atom is -0.407 e. The van der Waals surface area contributed by atoms with Crippen LogP contribution in [0.5, 0.6) is 0 Å². The Morgan fingerprint density at radius 2 is 1.22 bits per heavy atom. The van der Waals surface area contributed by atoms with E-state index in [0.29, 0.717) is 25.9 Å². The molecule has 5 heteroatoms. The van der Waals surface area contributed by atoms with Crippen LogP contribution in [0.3, 0.4) is 0 Å². The SMILES string of the molecule is CCCCCCCCCCCCCCCC1(O)CC(CCO[Si](c2ccccc2)(c2ccccc2)C(C)(C)C)OO1. The number of benzene rings is 2. The van der Waals surface area contributed by atoms with E-state index in [-0.39, 0.29) is 11.1 Å². The van der Waals surface area contributed by atoms with E-state index in [1.807, 2.05) is 0 Å². The number of aliphatic hydroxyl groups is 1. The van der Waals surface area contributed by atoms with Crippen molar-refractivity contribution in [2.75, 3.05) is 6.61 Å². The fourth-order valence-corrected chi connectivity index (χ4v) is 11.0. The van der Waals surface area contributed by atoms with Crippen molar-refractivity contribution < 1.29 is 19.3 Å². The molecule has 0 amide bonds. The van der Waals surface area contributed by atoms with Crippen LogP contribution in [0.1, 0.15) is 130 Å². The van der Waals surface area contributed by atoms with E-state index in [1.54, 1.807) is 0 Å². The van der Waals surface area contributed by atoms with Crippen LogP contribution in [0.25, 0.3) is 0 Å². The van der Waals surface area contributed by atoms with E-state index in [1.165, 1.54) is 81.0 Å². The van der Waals surface area contributed by atoms with Gasteiger partial charge in [0.1, 0.15) is 6.10 Å². The molecule has 1 aliphatic heterocycles. The van der Waals surface area contributed by atoms with E-state index in [2.05, 4.69) is 88.4 Å². The Morgan fingerprint density at radius 1 is 0.756 bits per heavy atom. The maximum atomic E-state index is 11.0. The Morgan fingerprint density at radius 3 is 1.68 bits per heavy atom.